The standard InChI is InChI=1S/C13H13N3S/c1-17-12-6-4-11(5-7-12)16-13(14)10-3-2-8-15-9-10/h2-9H,1H3,(H2,14,16). The molecule has 0 spiro atoms. The van der Waals surface area contributed by atoms with Crippen LogP contribution in [0.15, 0.2) is 53.7 Å². The Bertz CT molecular complexity index is 494. The van der Waals surface area contributed by atoms with Gasteiger partial charge in [0.05, 0.1) is 0 Å². The average Bonchev–Trinajstić information content (AvgIpc) is 2.40. The summed E-state index contributed by atoms with van der Waals surface area (Å²) in [6.07, 6.45) is 5.41. The molecule has 0 radical (unpaired) electrons. The van der Waals surface area contributed by atoms with E-state index < -0.39 is 0 Å². The molecule has 1 aromatic carbocycles. The lowest BCUT2D eigenvalue weighted by molar-refractivity contribution is 1.30. The molecule has 2 rings (SSSR count). The highest BCUT2D eigenvalue weighted by Gasteiger charge is 2.01. The molecule has 0 aliphatic carbocycles. The first-order chi connectivity index (χ1) is 8.29. The van der Waals surface area contributed by atoms with Crippen LogP contribution in [0.25, 0.3) is 0 Å². The van der Waals surface area contributed by atoms with E-state index in [1.54, 1.807) is 24.2 Å². The summed E-state index contributed by atoms with van der Waals surface area (Å²) in [5, 5.41) is 11.0. The second kappa shape index (κ2) is 5.50. The van der Waals surface area contributed by atoms with E-state index in [9.17, 15) is 0 Å². The van der Waals surface area contributed by atoms with E-state index in [-0.39, 0.29) is 0 Å². The van der Waals surface area contributed by atoms with Crippen molar-refractivity contribution in [2.45, 2.75) is 4.90 Å². The predicted molar refractivity (Wildman–Crippen MR) is 72.9 cm³/mol. The minimum atomic E-state index is 0.356. The molecule has 0 atom stereocenters. The minimum Gasteiger partial charge on any atom is -0.340 e. The molecule has 0 bridgehead atoms. The van der Waals surface area contributed by atoms with Gasteiger partial charge >= 0.3 is 0 Å². The average molecular weight is 243 g/mol. The van der Waals surface area contributed by atoms with E-state index in [1.165, 1.54) is 4.90 Å². The number of aromatic nitrogens is 1. The van der Waals surface area contributed by atoms with E-state index in [2.05, 4.69) is 10.3 Å². The third-order valence-electron chi connectivity index (χ3n) is 2.31. The molecule has 0 amide bonds. The SMILES string of the molecule is CSc1ccc(NC(=N)c2cccnc2)cc1. The summed E-state index contributed by atoms with van der Waals surface area (Å²) in [6.45, 7) is 0. The van der Waals surface area contributed by atoms with Crippen molar-refractivity contribution in [2.24, 2.45) is 0 Å². The Morgan fingerprint density at radius 3 is 2.59 bits per heavy atom. The van der Waals surface area contributed by atoms with E-state index in [1.807, 2.05) is 42.7 Å². The Kier molecular flexibility index (Phi) is 3.77. The fourth-order valence-electron chi connectivity index (χ4n) is 1.40. The summed E-state index contributed by atoms with van der Waals surface area (Å²) in [4.78, 5) is 5.20. The zero-order valence-corrected chi connectivity index (χ0v) is 10.3. The first-order valence-electron chi connectivity index (χ1n) is 5.19. The maximum absolute atomic E-state index is 7.91. The number of benzene rings is 1. The quantitative estimate of drug-likeness (QED) is 0.494. The molecule has 0 unspecified atom stereocenters. The molecule has 2 aromatic rings. The van der Waals surface area contributed by atoms with Gasteiger partial charge in [0, 0.05) is 28.5 Å². The summed E-state index contributed by atoms with van der Waals surface area (Å²) < 4.78 is 0. The molecule has 86 valence electrons. The van der Waals surface area contributed by atoms with Gasteiger partial charge in [-0.3, -0.25) is 10.4 Å². The molecule has 1 heterocycles. The van der Waals surface area contributed by atoms with Crippen LogP contribution >= 0.6 is 11.8 Å². The fraction of sp³-hybridized carbons (Fsp3) is 0.0769. The van der Waals surface area contributed by atoms with Crippen LogP contribution in [0.5, 0.6) is 0 Å². The monoisotopic (exact) mass is 243 g/mol. The van der Waals surface area contributed by atoms with E-state index in [4.69, 9.17) is 5.41 Å². The molecule has 0 fully saturated rings. The number of anilines is 1. The van der Waals surface area contributed by atoms with Gasteiger partial charge in [-0.2, -0.15) is 0 Å². The molecule has 3 nitrogen and oxygen atoms in total. The Morgan fingerprint density at radius 1 is 1.24 bits per heavy atom. The highest BCUT2D eigenvalue weighted by Crippen LogP contribution is 2.17. The number of nitrogens with one attached hydrogen (secondary N) is 2. The van der Waals surface area contributed by atoms with Gasteiger partial charge in [-0.15, -0.1) is 11.8 Å². The Morgan fingerprint density at radius 2 is 2.00 bits per heavy atom. The van der Waals surface area contributed by atoms with Gasteiger partial charge in [0.2, 0.25) is 0 Å². The smallest absolute Gasteiger partial charge is 0.131 e. The summed E-state index contributed by atoms with van der Waals surface area (Å²) in [6, 6.07) is 11.7. The molecule has 0 aliphatic heterocycles. The lowest BCUT2D eigenvalue weighted by Crippen LogP contribution is -2.11. The van der Waals surface area contributed by atoms with Crippen LogP contribution in [0.4, 0.5) is 5.69 Å². The van der Waals surface area contributed by atoms with Crippen LogP contribution in [0, 0.1) is 5.41 Å². The molecule has 0 aliphatic rings. The van der Waals surface area contributed by atoms with Crippen molar-refractivity contribution < 1.29 is 0 Å². The van der Waals surface area contributed by atoms with E-state index >= 15 is 0 Å². The lowest BCUT2D eigenvalue weighted by Gasteiger charge is -2.07. The van der Waals surface area contributed by atoms with Crippen LogP contribution in [0.2, 0.25) is 0 Å². The third-order valence-corrected chi connectivity index (χ3v) is 3.05. The molecule has 1 aromatic heterocycles. The van der Waals surface area contributed by atoms with Gasteiger partial charge in [-0.1, -0.05) is 0 Å². The Labute approximate surface area is 105 Å². The van der Waals surface area contributed by atoms with Gasteiger partial charge < -0.3 is 5.32 Å². The first kappa shape index (κ1) is 11.7. The summed E-state index contributed by atoms with van der Waals surface area (Å²) in [5.41, 5.74) is 1.69. The van der Waals surface area contributed by atoms with Crippen molar-refractivity contribution in [3.05, 3.63) is 54.4 Å². The third kappa shape index (κ3) is 3.07. The van der Waals surface area contributed by atoms with Crippen molar-refractivity contribution in [3.63, 3.8) is 0 Å². The van der Waals surface area contributed by atoms with Gasteiger partial charge in [0.1, 0.15) is 5.84 Å². The number of pyridine rings is 1. The normalized spacial score (nSPS) is 9.94. The lowest BCUT2D eigenvalue weighted by atomic mass is 10.2. The van der Waals surface area contributed by atoms with E-state index in [0.717, 1.165) is 11.3 Å². The zero-order valence-electron chi connectivity index (χ0n) is 9.47. The summed E-state index contributed by atoms with van der Waals surface area (Å²) in [5.74, 6) is 0.356. The molecule has 17 heavy (non-hydrogen) atoms. The Hall–Kier alpha value is -1.81. The molecule has 0 saturated heterocycles. The zero-order chi connectivity index (χ0) is 12.1. The van der Waals surface area contributed by atoms with Crippen LogP contribution < -0.4 is 5.32 Å². The number of hydrogen-bond acceptors (Lipinski definition) is 3. The largest absolute Gasteiger partial charge is 0.340 e. The summed E-state index contributed by atoms with van der Waals surface area (Å²) in [7, 11) is 0. The maximum Gasteiger partial charge on any atom is 0.131 e. The number of hydrogen-bond donors (Lipinski definition) is 2. The maximum atomic E-state index is 7.91. The topological polar surface area (TPSA) is 48.8 Å². The Balaban J connectivity index is 2.08. The number of amidine groups is 1. The molecular formula is C13H13N3S. The molecule has 0 saturated carbocycles. The molecular weight excluding hydrogens is 230 g/mol. The van der Waals surface area contributed by atoms with Gasteiger partial charge in [0.15, 0.2) is 0 Å². The molecule has 2 N–H and O–H groups in total. The van der Waals surface area contributed by atoms with Crippen LogP contribution in [-0.4, -0.2) is 17.1 Å². The first-order valence-corrected chi connectivity index (χ1v) is 6.42. The van der Waals surface area contributed by atoms with Crippen LogP contribution in [0.3, 0.4) is 0 Å². The highest BCUT2D eigenvalue weighted by molar-refractivity contribution is 7.98. The van der Waals surface area contributed by atoms with Crippen molar-refractivity contribution in [1.82, 2.24) is 4.98 Å². The second-order valence-corrected chi connectivity index (χ2v) is 4.35. The van der Waals surface area contributed by atoms with Crippen molar-refractivity contribution in [1.29, 1.82) is 5.41 Å². The van der Waals surface area contributed by atoms with Gasteiger partial charge in [0.25, 0.3) is 0 Å². The predicted octanol–water partition coefficient (Wildman–Crippen LogP) is 3.24. The fourth-order valence-corrected chi connectivity index (χ4v) is 1.81. The number of nitrogens with zero attached hydrogens (tertiary/aromatic N) is 1. The van der Waals surface area contributed by atoms with Crippen molar-refractivity contribution in [2.75, 3.05) is 11.6 Å². The van der Waals surface area contributed by atoms with Crippen LogP contribution in [0.1, 0.15) is 5.56 Å². The second-order valence-electron chi connectivity index (χ2n) is 3.47. The van der Waals surface area contributed by atoms with Crippen LogP contribution in [-0.2, 0) is 0 Å². The minimum absolute atomic E-state index is 0.356. The van der Waals surface area contributed by atoms with E-state index in [0.29, 0.717) is 5.84 Å². The summed E-state index contributed by atoms with van der Waals surface area (Å²) >= 11 is 1.70. The number of thioether (sulfide) groups is 1. The van der Waals surface area contributed by atoms with Gasteiger partial charge in [-0.25, -0.2) is 0 Å². The van der Waals surface area contributed by atoms with Crippen molar-refractivity contribution in [3.8, 4) is 0 Å². The highest BCUT2D eigenvalue weighted by atomic mass is 32.2. The van der Waals surface area contributed by atoms with Crippen molar-refractivity contribution >= 4 is 23.3 Å². The number of rotatable bonds is 3. The molecule has 4 heteroatoms. The van der Waals surface area contributed by atoms with Gasteiger partial charge in [-0.05, 0) is 42.7 Å².